The summed E-state index contributed by atoms with van der Waals surface area (Å²) in [5.41, 5.74) is 6.77. The van der Waals surface area contributed by atoms with Gasteiger partial charge in [0.2, 0.25) is 0 Å². The lowest BCUT2D eigenvalue weighted by Gasteiger charge is -2.42. The Kier molecular flexibility index (Phi) is 5.42. The zero-order valence-electron chi connectivity index (χ0n) is 12.3. The highest BCUT2D eigenvalue weighted by molar-refractivity contribution is 5.94. The molecule has 20 heavy (non-hydrogen) atoms. The first-order chi connectivity index (χ1) is 8.94. The van der Waals surface area contributed by atoms with Gasteiger partial charge >= 0.3 is 0 Å². The van der Waals surface area contributed by atoms with Crippen LogP contribution in [-0.2, 0) is 0 Å². The topological polar surface area (TPSA) is 55.6 Å². The van der Waals surface area contributed by atoms with Crippen molar-refractivity contribution in [2.24, 2.45) is 11.1 Å². The van der Waals surface area contributed by atoms with E-state index in [-0.39, 0.29) is 29.8 Å². The number of hydrogen-bond donors (Lipinski definition) is 1. The number of piperidine rings is 1. The Morgan fingerprint density at radius 1 is 1.35 bits per heavy atom. The third-order valence-electron chi connectivity index (χ3n) is 3.94. The lowest BCUT2D eigenvalue weighted by molar-refractivity contribution is 0.0533. The number of carbonyl (C=O) groups is 1. The van der Waals surface area contributed by atoms with Gasteiger partial charge in [0.05, 0.1) is 7.11 Å². The van der Waals surface area contributed by atoms with Crippen molar-refractivity contribution in [3.05, 3.63) is 29.8 Å². The summed E-state index contributed by atoms with van der Waals surface area (Å²) in [6.07, 6.45) is 0.856. The quantitative estimate of drug-likeness (QED) is 0.911. The molecule has 1 aliphatic rings. The molecule has 1 unspecified atom stereocenters. The molecule has 1 aromatic carbocycles. The number of likely N-dealkylation sites (tertiary alicyclic amines) is 1. The Balaban J connectivity index is 0.00000200. The number of halogens is 1. The molecule has 1 atom stereocenters. The molecule has 2 rings (SSSR count). The van der Waals surface area contributed by atoms with Crippen molar-refractivity contribution in [3.63, 3.8) is 0 Å². The summed E-state index contributed by atoms with van der Waals surface area (Å²) < 4.78 is 5.10. The predicted molar refractivity (Wildman–Crippen MR) is 82.5 cm³/mol. The third-order valence-corrected chi connectivity index (χ3v) is 3.94. The van der Waals surface area contributed by atoms with E-state index in [4.69, 9.17) is 10.5 Å². The predicted octanol–water partition coefficient (Wildman–Crippen LogP) is 2.32. The molecule has 1 saturated heterocycles. The number of nitrogens with two attached hydrogens (primary N) is 1. The second kappa shape index (κ2) is 6.46. The van der Waals surface area contributed by atoms with Crippen LogP contribution in [0.25, 0.3) is 0 Å². The number of carbonyl (C=O) groups excluding carboxylic acids is 1. The van der Waals surface area contributed by atoms with Crippen LogP contribution >= 0.6 is 12.4 Å². The van der Waals surface area contributed by atoms with Gasteiger partial charge in [-0.1, -0.05) is 13.8 Å². The number of rotatable bonds is 2. The number of hydrogen-bond acceptors (Lipinski definition) is 3. The summed E-state index contributed by atoms with van der Waals surface area (Å²) in [7, 11) is 1.62. The smallest absolute Gasteiger partial charge is 0.253 e. The van der Waals surface area contributed by atoms with E-state index in [1.807, 2.05) is 29.2 Å². The van der Waals surface area contributed by atoms with Gasteiger partial charge in [-0.05, 0) is 36.1 Å². The molecule has 1 aromatic rings. The maximum atomic E-state index is 12.4. The average molecular weight is 299 g/mol. The molecule has 4 nitrogen and oxygen atoms in total. The molecule has 5 heteroatoms. The van der Waals surface area contributed by atoms with Gasteiger partial charge in [0, 0.05) is 24.7 Å². The summed E-state index contributed by atoms with van der Waals surface area (Å²) >= 11 is 0. The van der Waals surface area contributed by atoms with Crippen molar-refractivity contribution in [2.75, 3.05) is 20.2 Å². The average Bonchev–Trinajstić information content (AvgIpc) is 2.41. The monoisotopic (exact) mass is 298 g/mol. The molecule has 1 fully saturated rings. The maximum Gasteiger partial charge on any atom is 0.253 e. The van der Waals surface area contributed by atoms with Crippen molar-refractivity contribution < 1.29 is 9.53 Å². The van der Waals surface area contributed by atoms with Crippen LogP contribution in [0.15, 0.2) is 24.3 Å². The van der Waals surface area contributed by atoms with Crippen molar-refractivity contribution in [2.45, 2.75) is 26.3 Å². The highest BCUT2D eigenvalue weighted by atomic mass is 35.5. The van der Waals surface area contributed by atoms with Gasteiger partial charge in [-0.2, -0.15) is 0 Å². The standard InChI is InChI=1S/C15H22N2O2.ClH/c1-15(2)10-17(9-8-13(15)16)14(18)11-4-6-12(19-3)7-5-11;/h4-7,13H,8-10,16H2,1-3H3;1H. The number of nitrogens with zero attached hydrogens (tertiary/aromatic N) is 1. The molecular weight excluding hydrogens is 276 g/mol. The molecule has 0 saturated carbocycles. The molecular formula is C15H23ClN2O2. The second-order valence-electron chi connectivity index (χ2n) is 5.84. The molecule has 112 valence electrons. The minimum Gasteiger partial charge on any atom is -0.497 e. The fourth-order valence-electron chi connectivity index (χ4n) is 2.46. The number of ether oxygens (including phenoxy) is 1. The molecule has 0 aliphatic carbocycles. The fourth-order valence-corrected chi connectivity index (χ4v) is 2.46. The maximum absolute atomic E-state index is 12.4. The van der Waals surface area contributed by atoms with Gasteiger partial charge in [-0.15, -0.1) is 12.4 Å². The van der Waals surface area contributed by atoms with E-state index < -0.39 is 0 Å². The van der Waals surface area contributed by atoms with Crippen LogP contribution in [-0.4, -0.2) is 37.0 Å². The number of benzene rings is 1. The lowest BCUT2D eigenvalue weighted by atomic mass is 9.79. The van der Waals surface area contributed by atoms with E-state index in [9.17, 15) is 4.79 Å². The largest absolute Gasteiger partial charge is 0.497 e. The highest BCUT2D eigenvalue weighted by Crippen LogP contribution is 2.28. The highest BCUT2D eigenvalue weighted by Gasteiger charge is 2.35. The van der Waals surface area contributed by atoms with Crippen LogP contribution in [0.1, 0.15) is 30.6 Å². The Labute approximate surface area is 126 Å². The SMILES string of the molecule is COc1ccc(C(=O)N2CCC(N)C(C)(C)C2)cc1.Cl. The van der Waals surface area contributed by atoms with Gasteiger partial charge in [-0.3, -0.25) is 4.79 Å². The van der Waals surface area contributed by atoms with Gasteiger partial charge in [0.25, 0.3) is 5.91 Å². The zero-order chi connectivity index (χ0) is 14.0. The first-order valence-electron chi connectivity index (χ1n) is 6.63. The van der Waals surface area contributed by atoms with Crippen LogP contribution < -0.4 is 10.5 Å². The molecule has 1 aliphatic heterocycles. The molecule has 1 heterocycles. The van der Waals surface area contributed by atoms with E-state index in [0.717, 1.165) is 18.7 Å². The van der Waals surface area contributed by atoms with Gasteiger partial charge in [0.1, 0.15) is 5.75 Å². The minimum atomic E-state index is -0.0274. The summed E-state index contributed by atoms with van der Waals surface area (Å²) in [6.45, 7) is 5.67. The Morgan fingerprint density at radius 3 is 2.45 bits per heavy atom. The Bertz CT molecular complexity index is 459. The van der Waals surface area contributed by atoms with Crippen molar-refractivity contribution >= 4 is 18.3 Å². The zero-order valence-corrected chi connectivity index (χ0v) is 13.1. The number of methoxy groups -OCH3 is 1. The first-order valence-corrected chi connectivity index (χ1v) is 6.63. The normalized spacial score (nSPS) is 21.0. The van der Waals surface area contributed by atoms with Gasteiger partial charge < -0.3 is 15.4 Å². The fraction of sp³-hybridized carbons (Fsp3) is 0.533. The molecule has 0 radical (unpaired) electrons. The number of amides is 1. The van der Waals surface area contributed by atoms with Crippen LogP contribution in [0, 0.1) is 5.41 Å². The molecule has 2 N–H and O–H groups in total. The van der Waals surface area contributed by atoms with Crippen molar-refractivity contribution in [3.8, 4) is 5.75 Å². The third kappa shape index (κ3) is 3.44. The second-order valence-corrected chi connectivity index (χ2v) is 5.84. The van der Waals surface area contributed by atoms with Crippen LogP contribution in [0.4, 0.5) is 0 Å². The molecule has 0 spiro atoms. The van der Waals surface area contributed by atoms with E-state index in [2.05, 4.69) is 13.8 Å². The van der Waals surface area contributed by atoms with Gasteiger partial charge in [-0.25, -0.2) is 0 Å². The Hall–Kier alpha value is -1.26. The van der Waals surface area contributed by atoms with Crippen LogP contribution in [0.5, 0.6) is 5.75 Å². The van der Waals surface area contributed by atoms with E-state index >= 15 is 0 Å². The van der Waals surface area contributed by atoms with Crippen LogP contribution in [0.2, 0.25) is 0 Å². The lowest BCUT2D eigenvalue weighted by Crippen LogP contribution is -2.53. The summed E-state index contributed by atoms with van der Waals surface area (Å²) in [6, 6.07) is 7.40. The first kappa shape index (κ1) is 16.8. The summed E-state index contributed by atoms with van der Waals surface area (Å²) in [4.78, 5) is 14.3. The molecule has 0 bridgehead atoms. The Morgan fingerprint density at radius 2 is 1.95 bits per heavy atom. The van der Waals surface area contributed by atoms with E-state index in [1.165, 1.54) is 0 Å². The summed E-state index contributed by atoms with van der Waals surface area (Å²) in [5, 5.41) is 0. The molecule has 1 amide bonds. The van der Waals surface area contributed by atoms with E-state index in [1.54, 1.807) is 7.11 Å². The summed E-state index contributed by atoms with van der Waals surface area (Å²) in [5.74, 6) is 0.833. The van der Waals surface area contributed by atoms with E-state index in [0.29, 0.717) is 12.1 Å². The van der Waals surface area contributed by atoms with Gasteiger partial charge in [0.15, 0.2) is 0 Å². The van der Waals surface area contributed by atoms with Crippen molar-refractivity contribution in [1.82, 2.24) is 4.90 Å². The van der Waals surface area contributed by atoms with Crippen LogP contribution in [0.3, 0.4) is 0 Å². The van der Waals surface area contributed by atoms with Crippen molar-refractivity contribution in [1.29, 1.82) is 0 Å². The minimum absolute atomic E-state index is 0. The molecule has 0 aromatic heterocycles.